The zero-order valence-electron chi connectivity index (χ0n) is 47.8. The molecular formula is C64H113NO7P+. The number of likely N-dealkylation sites (N-methyl/N-ethyl adjacent to an activating group) is 1. The van der Waals surface area contributed by atoms with Crippen molar-refractivity contribution in [3.8, 4) is 0 Å². The quantitative estimate of drug-likeness (QED) is 0.0213. The zero-order chi connectivity index (χ0) is 53.3. The fourth-order valence-electron chi connectivity index (χ4n) is 7.87. The molecule has 9 heteroatoms. The fourth-order valence-corrected chi connectivity index (χ4v) is 8.61. The third-order valence-electron chi connectivity index (χ3n) is 12.3. The molecule has 420 valence electrons. The van der Waals surface area contributed by atoms with E-state index in [4.69, 9.17) is 18.5 Å². The summed E-state index contributed by atoms with van der Waals surface area (Å²) in [5.74, 6) is -0.320. The number of hydrogen-bond acceptors (Lipinski definition) is 6. The zero-order valence-corrected chi connectivity index (χ0v) is 48.7. The molecule has 2 unspecified atom stereocenters. The predicted molar refractivity (Wildman–Crippen MR) is 316 cm³/mol. The third-order valence-corrected chi connectivity index (χ3v) is 13.3. The van der Waals surface area contributed by atoms with Gasteiger partial charge in [-0.2, -0.15) is 0 Å². The van der Waals surface area contributed by atoms with E-state index in [1.165, 1.54) is 122 Å². The minimum atomic E-state index is -4.30. The number of ether oxygens (including phenoxy) is 2. The molecule has 0 saturated heterocycles. The van der Waals surface area contributed by atoms with Crippen LogP contribution in [0.1, 0.15) is 232 Å². The third kappa shape index (κ3) is 59.9. The topological polar surface area (TPSA) is 91.3 Å². The lowest BCUT2D eigenvalue weighted by Crippen LogP contribution is -2.37. The van der Waals surface area contributed by atoms with Crippen LogP contribution in [0.5, 0.6) is 0 Å². The lowest BCUT2D eigenvalue weighted by Gasteiger charge is -2.24. The highest BCUT2D eigenvalue weighted by atomic mass is 31.2. The highest BCUT2D eigenvalue weighted by molar-refractivity contribution is 7.47. The van der Waals surface area contributed by atoms with Crippen LogP contribution in [-0.4, -0.2) is 75.6 Å². The molecule has 0 amide bonds. The monoisotopic (exact) mass is 1040 g/mol. The molecule has 0 bridgehead atoms. The molecule has 0 spiro atoms. The second-order valence-electron chi connectivity index (χ2n) is 20.6. The number of rotatable bonds is 54. The van der Waals surface area contributed by atoms with Crippen molar-refractivity contribution in [3.05, 3.63) is 109 Å². The van der Waals surface area contributed by atoms with Crippen molar-refractivity contribution in [2.45, 2.75) is 238 Å². The fraction of sp³-hybridized carbons (Fsp3) is 0.703. The lowest BCUT2D eigenvalue weighted by molar-refractivity contribution is -0.870. The van der Waals surface area contributed by atoms with Crippen LogP contribution >= 0.6 is 7.82 Å². The van der Waals surface area contributed by atoms with Gasteiger partial charge in [-0.1, -0.05) is 239 Å². The molecule has 0 fully saturated rings. The van der Waals surface area contributed by atoms with Crippen molar-refractivity contribution in [3.63, 3.8) is 0 Å². The number of esters is 1. The Morgan fingerprint density at radius 3 is 1.12 bits per heavy atom. The van der Waals surface area contributed by atoms with E-state index in [9.17, 15) is 14.3 Å². The summed E-state index contributed by atoms with van der Waals surface area (Å²) in [4.78, 5) is 23.1. The summed E-state index contributed by atoms with van der Waals surface area (Å²) in [6.45, 7) is 5.39. The number of nitrogens with zero attached hydrogens (tertiary/aromatic N) is 1. The van der Waals surface area contributed by atoms with Crippen LogP contribution in [0.25, 0.3) is 0 Å². The summed E-state index contributed by atoms with van der Waals surface area (Å²) >= 11 is 0. The summed E-state index contributed by atoms with van der Waals surface area (Å²) in [5.41, 5.74) is 0. The molecule has 0 aromatic rings. The van der Waals surface area contributed by atoms with Crippen molar-refractivity contribution in [1.82, 2.24) is 0 Å². The highest BCUT2D eigenvalue weighted by Gasteiger charge is 2.26. The van der Waals surface area contributed by atoms with Gasteiger partial charge in [0.05, 0.1) is 34.4 Å². The van der Waals surface area contributed by atoms with Gasteiger partial charge >= 0.3 is 13.8 Å². The Bertz CT molecular complexity index is 1530. The van der Waals surface area contributed by atoms with Gasteiger partial charge in [-0.05, 0) is 96.3 Å². The first-order chi connectivity index (χ1) is 35.6. The lowest BCUT2D eigenvalue weighted by atomic mass is 10.0. The van der Waals surface area contributed by atoms with Gasteiger partial charge in [0, 0.05) is 13.0 Å². The van der Waals surface area contributed by atoms with Gasteiger partial charge < -0.3 is 18.9 Å². The maximum absolute atomic E-state index is 12.8. The predicted octanol–water partition coefficient (Wildman–Crippen LogP) is 19.1. The standard InChI is InChI=1S/C64H112NO7P/c1-6-8-10-12-14-16-18-20-22-24-26-28-30-32-34-36-38-40-42-44-46-48-50-52-54-56-59-69-61-63(62-71-73(67,68)70-60-58-65(3,4)5)72-64(66)57-55-53-51-49-47-45-43-41-39-37-35-33-31-29-27-25-23-21-19-17-15-13-11-9-7-2/h8-11,14-17,20-23,26-29,32,34,63H,6-7,12-13,18-19,24-25,30-31,33,35-62H2,1-5H3/p+1/b10-8-,11-9-,16-14-,17-15-,22-20-,23-21-,28-26-,29-27-,34-32-. The molecule has 0 aliphatic heterocycles. The molecule has 2 atom stereocenters. The molecule has 0 heterocycles. The van der Waals surface area contributed by atoms with Gasteiger partial charge in [-0.3, -0.25) is 13.8 Å². The average Bonchev–Trinajstić information content (AvgIpc) is 3.35. The first-order valence-corrected chi connectivity index (χ1v) is 31.1. The smallest absolute Gasteiger partial charge is 0.457 e. The molecule has 73 heavy (non-hydrogen) atoms. The normalized spacial score (nSPS) is 14.2. The summed E-state index contributed by atoms with van der Waals surface area (Å²) in [6.07, 6.45) is 78.7. The maximum atomic E-state index is 12.8. The molecule has 0 radical (unpaired) electrons. The van der Waals surface area contributed by atoms with E-state index in [0.717, 1.165) is 89.9 Å². The average molecular weight is 1040 g/mol. The van der Waals surface area contributed by atoms with Gasteiger partial charge in [0.2, 0.25) is 0 Å². The maximum Gasteiger partial charge on any atom is 0.472 e. The molecule has 0 saturated carbocycles. The summed E-state index contributed by atoms with van der Waals surface area (Å²) < 4.78 is 35.3. The molecule has 0 aliphatic rings. The van der Waals surface area contributed by atoms with E-state index in [-0.39, 0.29) is 25.8 Å². The first kappa shape index (κ1) is 70.2. The van der Waals surface area contributed by atoms with E-state index < -0.39 is 13.9 Å². The van der Waals surface area contributed by atoms with Crippen LogP contribution in [-0.2, 0) is 27.9 Å². The number of allylic oxidation sites excluding steroid dienone is 18. The molecule has 0 aromatic carbocycles. The number of carbonyl (C=O) groups excluding carboxylic acids is 1. The van der Waals surface area contributed by atoms with Crippen LogP contribution in [0.15, 0.2) is 109 Å². The Morgan fingerprint density at radius 1 is 0.425 bits per heavy atom. The van der Waals surface area contributed by atoms with Crippen LogP contribution in [0.3, 0.4) is 0 Å². The minimum absolute atomic E-state index is 0.0822. The largest absolute Gasteiger partial charge is 0.472 e. The Hall–Kier alpha value is -2.84. The Morgan fingerprint density at radius 2 is 0.753 bits per heavy atom. The Balaban J connectivity index is 4.09. The van der Waals surface area contributed by atoms with E-state index in [1.54, 1.807) is 0 Å². The molecule has 0 aliphatic carbocycles. The van der Waals surface area contributed by atoms with E-state index in [1.807, 2.05) is 21.1 Å². The first-order valence-electron chi connectivity index (χ1n) is 29.6. The number of phosphoric acid groups is 1. The van der Waals surface area contributed by atoms with Gasteiger partial charge in [-0.15, -0.1) is 0 Å². The van der Waals surface area contributed by atoms with Gasteiger partial charge in [0.25, 0.3) is 0 Å². The van der Waals surface area contributed by atoms with Crippen molar-refractivity contribution in [2.75, 3.05) is 54.1 Å². The van der Waals surface area contributed by atoms with E-state index in [2.05, 4.69) is 123 Å². The van der Waals surface area contributed by atoms with Crippen LogP contribution in [0.2, 0.25) is 0 Å². The second-order valence-corrected chi connectivity index (χ2v) is 22.1. The van der Waals surface area contributed by atoms with Crippen LogP contribution in [0, 0.1) is 0 Å². The minimum Gasteiger partial charge on any atom is -0.457 e. The number of carbonyl (C=O) groups is 1. The Labute approximate surface area is 450 Å². The Kier molecular flexibility index (Phi) is 53.2. The molecular weight excluding hydrogens is 926 g/mol. The molecule has 0 rings (SSSR count). The van der Waals surface area contributed by atoms with Gasteiger partial charge in [0.15, 0.2) is 0 Å². The van der Waals surface area contributed by atoms with Crippen molar-refractivity contribution >= 4 is 13.8 Å². The number of phosphoric ester groups is 1. The van der Waals surface area contributed by atoms with Crippen molar-refractivity contribution in [1.29, 1.82) is 0 Å². The SMILES string of the molecule is CC/C=C\C/C=C\C/C=C\C/C=C\C/C=C\CCCCCCCCCCCCOCC(COP(=O)(O)OCC[N+](C)(C)C)OC(=O)CCCCCCCCCCCCCC/C=C\C/C=C\C/C=C\C/C=C\CC. The summed E-state index contributed by atoms with van der Waals surface area (Å²) in [5, 5.41) is 0. The van der Waals surface area contributed by atoms with Crippen LogP contribution < -0.4 is 0 Å². The molecule has 0 aromatic heterocycles. The second kappa shape index (κ2) is 55.4. The van der Waals surface area contributed by atoms with Crippen molar-refractivity contribution in [2.24, 2.45) is 0 Å². The molecule has 8 nitrogen and oxygen atoms in total. The summed E-state index contributed by atoms with van der Waals surface area (Å²) in [6, 6.07) is 0. The number of hydrogen-bond donors (Lipinski definition) is 1. The van der Waals surface area contributed by atoms with Crippen molar-refractivity contribution < 1.29 is 37.3 Å². The number of unbranched alkanes of at least 4 members (excludes halogenated alkanes) is 22. The number of quaternary nitrogens is 1. The van der Waals surface area contributed by atoms with Gasteiger partial charge in [-0.25, -0.2) is 4.57 Å². The van der Waals surface area contributed by atoms with Crippen LogP contribution in [0.4, 0.5) is 0 Å². The summed E-state index contributed by atoms with van der Waals surface area (Å²) in [7, 11) is 1.65. The van der Waals surface area contributed by atoms with E-state index >= 15 is 0 Å². The molecule has 1 N–H and O–H groups in total. The van der Waals surface area contributed by atoms with E-state index in [0.29, 0.717) is 24.1 Å². The highest BCUT2D eigenvalue weighted by Crippen LogP contribution is 2.43. The van der Waals surface area contributed by atoms with Gasteiger partial charge in [0.1, 0.15) is 19.3 Å².